The van der Waals surface area contributed by atoms with Gasteiger partial charge in [-0.25, -0.2) is 0 Å². The molecule has 3 unspecified atom stereocenters. The van der Waals surface area contributed by atoms with E-state index in [0.717, 1.165) is 35.1 Å². The number of likely N-dealkylation sites (N-methyl/N-ethyl adjacent to an activating group) is 1. The molecule has 0 spiro atoms. The Hall–Kier alpha value is -1.26. The molecule has 0 aromatic heterocycles. The number of amides is 1. The first-order valence-electron chi connectivity index (χ1n) is 7.65. The highest BCUT2D eigenvalue weighted by Gasteiger charge is 2.33. The predicted octanol–water partition coefficient (Wildman–Crippen LogP) is 3.18. The first kappa shape index (κ1) is 14.7. The lowest BCUT2D eigenvalue weighted by Gasteiger charge is -2.26. The molecule has 1 aromatic carbocycles. The molecule has 0 aliphatic carbocycles. The summed E-state index contributed by atoms with van der Waals surface area (Å²) >= 11 is 6.51. The molecule has 21 heavy (non-hydrogen) atoms. The van der Waals surface area contributed by atoms with Crippen LogP contribution in [0.2, 0.25) is 5.02 Å². The summed E-state index contributed by atoms with van der Waals surface area (Å²) in [5, 5.41) is 6.89. The molecule has 114 valence electrons. The summed E-state index contributed by atoms with van der Waals surface area (Å²) in [6.07, 6.45) is 1.18. The van der Waals surface area contributed by atoms with E-state index in [4.69, 9.17) is 11.6 Å². The number of hydrogen-bond acceptors (Lipinski definition) is 3. The smallest absolute Gasteiger partial charge is 0.246 e. The Kier molecular flexibility index (Phi) is 3.84. The maximum absolute atomic E-state index is 12.1. The average molecular weight is 308 g/mol. The van der Waals surface area contributed by atoms with Crippen LogP contribution in [0, 0.1) is 5.92 Å². The van der Waals surface area contributed by atoms with Gasteiger partial charge in [-0.05, 0) is 37.9 Å². The van der Waals surface area contributed by atoms with Gasteiger partial charge in [-0.2, -0.15) is 0 Å². The normalized spacial score (nSPS) is 27.9. The molecule has 0 radical (unpaired) electrons. The first-order chi connectivity index (χ1) is 10.0. The van der Waals surface area contributed by atoms with E-state index in [1.165, 1.54) is 6.42 Å². The lowest BCUT2D eigenvalue weighted by molar-refractivity contribution is -0.117. The molecule has 2 aliphatic rings. The van der Waals surface area contributed by atoms with Gasteiger partial charge >= 0.3 is 0 Å². The van der Waals surface area contributed by atoms with Gasteiger partial charge in [0.25, 0.3) is 0 Å². The second-order valence-electron chi connectivity index (χ2n) is 6.21. The predicted molar refractivity (Wildman–Crippen MR) is 87.1 cm³/mol. The number of halogens is 1. The molecule has 4 nitrogen and oxygen atoms in total. The second-order valence-corrected chi connectivity index (χ2v) is 6.62. The fraction of sp³-hybridized carbons (Fsp3) is 0.562. The van der Waals surface area contributed by atoms with Crippen molar-refractivity contribution >= 4 is 28.9 Å². The van der Waals surface area contributed by atoms with Crippen LogP contribution in [0.5, 0.6) is 0 Å². The number of carbonyl (C=O) groups excluding carboxylic acids is 1. The number of nitrogens with one attached hydrogen (secondary N) is 2. The third-order valence-corrected chi connectivity index (χ3v) is 4.75. The number of rotatable bonds is 3. The number of anilines is 2. The van der Waals surface area contributed by atoms with E-state index in [1.54, 1.807) is 0 Å². The lowest BCUT2D eigenvalue weighted by Crippen LogP contribution is -2.27. The summed E-state index contributed by atoms with van der Waals surface area (Å²) in [7, 11) is 0. The summed E-state index contributed by atoms with van der Waals surface area (Å²) in [6.45, 7) is 8.25. The molecule has 0 saturated carbocycles. The van der Waals surface area contributed by atoms with Gasteiger partial charge in [0.15, 0.2) is 0 Å². The van der Waals surface area contributed by atoms with E-state index in [9.17, 15) is 4.79 Å². The van der Waals surface area contributed by atoms with E-state index in [0.29, 0.717) is 12.0 Å². The Bertz CT molecular complexity index is 575. The van der Waals surface area contributed by atoms with Crippen molar-refractivity contribution in [2.24, 2.45) is 5.92 Å². The highest BCUT2D eigenvalue weighted by atomic mass is 35.5. The van der Waals surface area contributed by atoms with Crippen LogP contribution < -0.4 is 15.5 Å². The van der Waals surface area contributed by atoms with Crippen molar-refractivity contribution in [3.05, 3.63) is 22.7 Å². The van der Waals surface area contributed by atoms with Gasteiger partial charge in [0, 0.05) is 23.8 Å². The van der Waals surface area contributed by atoms with Crippen molar-refractivity contribution < 1.29 is 4.79 Å². The minimum absolute atomic E-state index is 0.00269. The number of hydrogen-bond donors (Lipinski definition) is 2. The lowest BCUT2D eigenvalue weighted by atomic mass is 10.1. The van der Waals surface area contributed by atoms with Gasteiger partial charge in [0.1, 0.15) is 6.04 Å². The molecular formula is C16H22ClN3O. The summed E-state index contributed by atoms with van der Waals surface area (Å²) in [5.74, 6) is 0.677. The first-order valence-corrected chi connectivity index (χ1v) is 8.03. The zero-order chi connectivity index (χ0) is 15.1. The van der Waals surface area contributed by atoms with Crippen molar-refractivity contribution in [3.63, 3.8) is 0 Å². The summed E-state index contributed by atoms with van der Waals surface area (Å²) in [6, 6.07) is 4.16. The molecule has 1 saturated heterocycles. The highest BCUT2D eigenvalue weighted by molar-refractivity contribution is 6.33. The minimum Gasteiger partial charge on any atom is -0.367 e. The Morgan fingerprint density at radius 1 is 1.43 bits per heavy atom. The number of nitrogens with zero attached hydrogens (tertiary/aromatic N) is 1. The summed E-state index contributed by atoms with van der Waals surface area (Å²) in [4.78, 5) is 14.4. The molecule has 3 atom stereocenters. The van der Waals surface area contributed by atoms with Gasteiger partial charge in [-0.3, -0.25) is 4.79 Å². The molecule has 1 aromatic rings. The van der Waals surface area contributed by atoms with Gasteiger partial charge in [0.2, 0.25) is 5.91 Å². The maximum Gasteiger partial charge on any atom is 0.246 e. The maximum atomic E-state index is 12.1. The van der Waals surface area contributed by atoms with E-state index in [1.807, 2.05) is 19.1 Å². The molecule has 3 rings (SSSR count). The Labute approximate surface area is 130 Å². The zero-order valence-corrected chi connectivity index (χ0v) is 13.5. The minimum atomic E-state index is -0.286. The number of benzene rings is 1. The molecular weight excluding hydrogens is 286 g/mol. The van der Waals surface area contributed by atoms with Crippen LogP contribution in [-0.4, -0.2) is 25.0 Å². The van der Waals surface area contributed by atoms with Crippen molar-refractivity contribution in [2.45, 2.75) is 39.3 Å². The van der Waals surface area contributed by atoms with Crippen LogP contribution in [0.3, 0.4) is 0 Å². The van der Waals surface area contributed by atoms with Crippen LogP contribution in [0.25, 0.3) is 0 Å². The number of fused-ring (bicyclic) bond motifs is 1. The third-order valence-electron chi connectivity index (χ3n) is 4.45. The van der Waals surface area contributed by atoms with Crippen LogP contribution in [0.15, 0.2) is 12.1 Å². The average Bonchev–Trinajstić information content (AvgIpc) is 2.90. The molecule has 5 heteroatoms. The fourth-order valence-electron chi connectivity index (χ4n) is 3.53. The molecule has 2 aliphatic heterocycles. The molecule has 1 fully saturated rings. The van der Waals surface area contributed by atoms with Gasteiger partial charge < -0.3 is 15.5 Å². The SMILES string of the molecule is CCNC1C(=O)Nc2cc(N3CC(C)CC3C)c(Cl)cc21. The monoisotopic (exact) mass is 307 g/mol. The van der Waals surface area contributed by atoms with Crippen LogP contribution in [-0.2, 0) is 4.79 Å². The number of carbonyl (C=O) groups is 1. The Morgan fingerprint density at radius 3 is 2.81 bits per heavy atom. The Morgan fingerprint density at radius 2 is 2.19 bits per heavy atom. The van der Waals surface area contributed by atoms with Crippen LogP contribution >= 0.6 is 11.6 Å². The third kappa shape index (κ3) is 2.51. The van der Waals surface area contributed by atoms with E-state index in [-0.39, 0.29) is 11.9 Å². The standard InChI is InChI=1S/C16H22ClN3O/c1-4-18-15-11-6-12(17)14(7-13(11)19-16(15)21)20-8-9(2)5-10(20)3/h6-7,9-10,15,18H,4-5,8H2,1-3H3,(H,19,21). The van der Waals surface area contributed by atoms with E-state index >= 15 is 0 Å². The van der Waals surface area contributed by atoms with E-state index in [2.05, 4.69) is 29.4 Å². The van der Waals surface area contributed by atoms with Crippen LogP contribution in [0.1, 0.15) is 38.8 Å². The fourth-order valence-corrected chi connectivity index (χ4v) is 3.81. The van der Waals surface area contributed by atoms with Crippen LogP contribution in [0.4, 0.5) is 11.4 Å². The second kappa shape index (κ2) is 5.50. The molecule has 2 heterocycles. The van der Waals surface area contributed by atoms with Gasteiger partial charge in [0.05, 0.1) is 10.7 Å². The molecule has 0 bridgehead atoms. The van der Waals surface area contributed by atoms with Gasteiger partial charge in [-0.15, -0.1) is 0 Å². The van der Waals surface area contributed by atoms with Gasteiger partial charge in [-0.1, -0.05) is 25.4 Å². The summed E-state index contributed by atoms with van der Waals surface area (Å²) < 4.78 is 0. The highest BCUT2D eigenvalue weighted by Crippen LogP contribution is 2.41. The quantitative estimate of drug-likeness (QED) is 0.901. The summed E-state index contributed by atoms with van der Waals surface area (Å²) in [5.41, 5.74) is 2.87. The zero-order valence-electron chi connectivity index (χ0n) is 12.7. The Balaban J connectivity index is 1.96. The van der Waals surface area contributed by atoms with Crippen molar-refractivity contribution in [2.75, 3.05) is 23.3 Å². The molecule has 2 N–H and O–H groups in total. The molecule has 1 amide bonds. The largest absolute Gasteiger partial charge is 0.367 e. The van der Waals surface area contributed by atoms with Crippen molar-refractivity contribution in [1.29, 1.82) is 0 Å². The topological polar surface area (TPSA) is 44.4 Å². The van der Waals surface area contributed by atoms with Crippen molar-refractivity contribution in [1.82, 2.24) is 5.32 Å². The van der Waals surface area contributed by atoms with E-state index < -0.39 is 0 Å². The van der Waals surface area contributed by atoms with Crippen molar-refractivity contribution in [3.8, 4) is 0 Å².